The Bertz CT molecular complexity index is 764. The molecule has 2 aromatic rings. The summed E-state index contributed by atoms with van der Waals surface area (Å²) >= 11 is 0. The average molecular weight is 368 g/mol. The van der Waals surface area contributed by atoms with E-state index in [4.69, 9.17) is 0 Å². The topological polar surface area (TPSA) is 91.4 Å². The number of nitrogens with one attached hydrogen (secondary N) is 2. The highest BCUT2D eigenvalue weighted by Gasteiger charge is 2.29. The van der Waals surface area contributed by atoms with E-state index in [1.165, 1.54) is 18.7 Å². The van der Waals surface area contributed by atoms with Crippen LogP contribution in [0.25, 0.3) is 0 Å². The average Bonchev–Trinajstić information content (AvgIpc) is 2.65. The van der Waals surface area contributed by atoms with Crippen LogP contribution in [0.3, 0.4) is 0 Å². The highest BCUT2D eigenvalue weighted by atomic mass is 16.2. The molecule has 1 heterocycles. The highest BCUT2D eigenvalue weighted by Crippen LogP contribution is 2.24. The Morgan fingerprint density at radius 2 is 1.56 bits per heavy atom. The number of benzene rings is 1. The molecule has 1 aromatic heterocycles. The smallest absolute Gasteiger partial charge is 0.266 e. The standard InChI is InChI=1S/C20H24N4O3/c1-14(25)22-19(23-15(2)26)20(27)24(3)18(16-9-5-4-6-10-16)13-17-11-7-8-12-21-17/h4-12,18-19H,13H2,1-3H3,(H,22,25)(H,23,26). The molecule has 7 heteroatoms. The molecule has 0 saturated carbocycles. The lowest BCUT2D eigenvalue weighted by molar-refractivity contribution is -0.140. The molecule has 0 aliphatic carbocycles. The molecule has 2 rings (SSSR count). The van der Waals surface area contributed by atoms with Gasteiger partial charge in [0.1, 0.15) is 0 Å². The predicted octanol–water partition coefficient (Wildman–Crippen LogP) is 1.42. The largest absolute Gasteiger partial charge is 0.335 e. The zero-order chi connectivity index (χ0) is 19.8. The minimum absolute atomic E-state index is 0.307. The fourth-order valence-electron chi connectivity index (χ4n) is 2.79. The van der Waals surface area contributed by atoms with Gasteiger partial charge in [0, 0.05) is 39.2 Å². The molecule has 0 radical (unpaired) electrons. The number of amides is 3. The zero-order valence-corrected chi connectivity index (χ0v) is 15.7. The molecule has 0 bridgehead atoms. The van der Waals surface area contributed by atoms with Crippen molar-refractivity contribution in [3.63, 3.8) is 0 Å². The summed E-state index contributed by atoms with van der Waals surface area (Å²) in [6.45, 7) is 2.59. The van der Waals surface area contributed by atoms with Gasteiger partial charge in [-0.25, -0.2) is 0 Å². The van der Waals surface area contributed by atoms with Gasteiger partial charge in [-0.3, -0.25) is 19.4 Å². The SMILES string of the molecule is CC(=O)NC(NC(C)=O)C(=O)N(C)C(Cc1ccccn1)c1ccccc1. The number of hydrogen-bond donors (Lipinski definition) is 2. The highest BCUT2D eigenvalue weighted by molar-refractivity contribution is 5.90. The molecule has 0 saturated heterocycles. The van der Waals surface area contributed by atoms with E-state index in [1.807, 2.05) is 48.5 Å². The maximum atomic E-state index is 13.0. The van der Waals surface area contributed by atoms with Crippen LogP contribution in [0.1, 0.15) is 31.1 Å². The third kappa shape index (κ3) is 5.91. The summed E-state index contributed by atoms with van der Waals surface area (Å²) in [4.78, 5) is 41.8. The molecule has 1 atom stereocenters. The second kappa shape index (κ2) is 9.47. The van der Waals surface area contributed by atoms with Crippen LogP contribution < -0.4 is 10.6 Å². The van der Waals surface area contributed by atoms with Crippen molar-refractivity contribution >= 4 is 17.7 Å². The van der Waals surface area contributed by atoms with Gasteiger partial charge in [0.15, 0.2) is 6.17 Å². The molecule has 27 heavy (non-hydrogen) atoms. The van der Waals surface area contributed by atoms with E-state index in [0.29, 0.717) is 6.42 Å². The molecular formula is C20H24N4O3. The van der Waals surface area contributed by atoms with E-state index in [-0.39, 0.29) is 6.04 Å². The number of pyridine rings is 1. The van der Waals surface area contributed by atoms with Crippen LogP contribution in [0.5, 0.6) is 0 Å². The summed E-state index contributed by atoms with van der Waals surface area (Å²) in [6, 6.07) is 14.9. The maximum Gasteiger partial charge on any atom is 0.266 e. The van der Waals surface area contributed by atoms with Gasteiger partial charge in [0.05, 0.1) is 6.04 Å². The van der Waals surface area contributed by atoms with E-state index in [0.717, 1.165) is 11.3 Å². The van der Waals surface area contributed by atoms with Crippen molar-refractivity contribution in [2.24, 2.45) is 0 Å². The second-order valence-corrected chi connectivity index (χ2v) is 6.23. The number of likely N-dealkylation sites (N-methyl/N-ethyl adjacent to an activating group) is 1. The molecule has 1 aromatic carbocycles. The Labute approximate surface area is 158 Å². The summed E-state index contributed by atoms with van der Waals surface area (Å²) in [5.74, 6) is -1.22. The first kappa shape index (κ1) is 20.1. The monoisotopic (exact) mass is 368 g/mol. The Morgan fingerprint density at radius 3 is 2.07 bits per heavy atom. The van der Waals surface area contributed by atoms with Crippen molar-refractivity contribution < 1.29 is 14.4 Å². The van der Waals surface area contributed by atoms with Crippen molar-refractivity contribution in [3.05, 3.63) is 66.0 Å². The molecule has 0 fully saturated rings. The third-order valence-corrected chi connectivity index (χ3v) is 4.07. The van der Waals surface area contributed by atoms with Crippen LogP contribution in [0, 0.1) is 0 Å². The summed E-state index contributed by atoms with van der Waals surface area (Å²) in [6.07, 6.45) is 1.08. The molecule has 0 aliphatic rings. The first-order valence-electron chi connectivity index (χ1n) is 8.64. The van der Waals surface area contributed by atoms with Gasteiger partial charge in [-0.15, -0.1) is 0 Å². The number of carbonyl (C=O) groups excluding carboxylic acids is 3. The molecule has 3 amide bonds. The van der Waals surface area contributed by atoms with Crippen LogP contribution in [0.15, 0.2) is 54.7 Å². The fourth-order valence-corrected chi connectivity index (χ4v) is 2.79. The number of rotatable bonds is 7. The molecule has 2 N–H and O–H groups in total. The molecule has 142 valence electrons. The van der Waals surface area contributed by atoms with E-state index < -0.39 is 23.9 Å². The van der Waals surface area contributed by atoms with Crippen LogP contribution in [-0.4, -0.2) is 40.8 Å². The van der Waals surface area contributed by atoms with Gasteiger partial charge in [-0.2, -0.15) is 0 Å². The Balaban J connectivity index is 2.30. The molecule has 1 unspecified atom stereocenters. The maximum absolute atomic E-state index is 13.0. The third-order valence-electron chi connectivity index (χ3n) is 4.07. The van der Waals surface area contributed by atoms with Crippen LogP contribution in [-0.2, 0) is 20.8 Å². The van der Waals surface area contributed by atoms with Crippen molar-refractivity contribution in [1.29, 1.82) is 0 Å². The molecule has 0 spiro atoms. The van der Waals surface area contributed by atoms with Crippen LogP contribution in [0.4, 0.5) is 0 Å². The van der Waals surface area contributed by atoms with Gasteiger partial charge in [-0.05, 0) is 17.7 Å². The first-order valence-corrected chi connectivity index (χ1v) is 8.64. The van der Waals surface area contributed by atoms with E-state index in [1.54, 1.807) is 13.2 Å². The Kier molecular flexibility index (Phi) is 7.05. The molecule has 0 aliphatic heterocycles. The lowest BCUT2D eigenvalue weighted by Gasteiger charge is -2.32. The van der Waals surface area contributed by atoms with E-state index in [2.05, 4.69) is 15.6 Å². The zero-order valence-electron chi connectivity index (χ0n) is 15.7. The number of aromatic nitrogens is 1. The normalized spacial score (nSPS) is 11.6. The summed E-state index contributed by atoms with van der Waals surface area (Å²) in [5.41, 5.74) is 1.77. The second-order valence-electron chi connectivity index (χ2n) is 6.23. The van der Waals surface area contributed by atoms with Crippen molar-refractivity contribution in [1.82, 2.24) is 20.5 Å². The van der Waals surface area contributed by atoms with Crippen molar-refractivity contribution in [2.75, 3.05) is 7.05 Å². The van der Waals surface area contributed by atoms with Crippen LogP contribution in [0.2, 0.25) is 0 Å². The van der Waals surface area contributed by atoms with Gasteiger partial charge < -0.3 is 15.5 Å². The van der Waals surface area contributed by atoms with E-state index >= 15 is 0 Å². The van der Waals surface area contributed by atoms with E-state index in [9.17, 15) is 14.4 Å². The van der Waals surface area contributed by atoms with Gasteiger partial charge >= 0.3 is 0 Å². The quantitative estimate of drug-likeness (QED) is 0.723. The molecular weight excluding hydrogens is 344 g/mol. The first-order chi connectivity index (χ1) is 12.9. The molecule has 7 nitrogen and oxygen atoms in total. The predicted molar refractivity (Wildman–Crippen MR) is 101 cm³/mol. The Morgan fingerprint density at radius 1 is 0.963 bits per heavy atom. The summed E-state index contributed by atoms with van der Waals surface area (Å²) in [7, 11) is 1.65. The fraction of sp³-hybridized carbons (Fsp3) is 0.300. The lowest BCUT2D eigenvalue weighted by atomic mass is 10.00. The minimum atomic E-state index is -1.13. The van der Waals surface area contributed by atoms with Gasteiger partial charge in [0.25, 0.3) is 5.91 Å². The number of nitrogens with zero attached hydrogens (tertiary/aromatic N) is 2. The Hall–Kier alpha value is -3.22. The lowest BCUT2D eigenvalue weighted by Crippen LogP contribution is -2.56. The minimum Gasteiger partial charge on any atom is -0.335 e. The summed E-state index contributed by atoms with van der Waals surface area (Å²) < 4.78 is 0. The summed E-state index contributed by atoms with van der Waals surface area (Å²) in [5, 5.41) is 4.97. The van der Waals surface area contributed by atoms with Crippen LogP contribution >= 0.6 is 0 Å². The van der Waals surface area contributed by atoms with Crippen molar-refractivity contribution in [2.45, 2.75) is 32.5 Å². The number of hydrogen-bond acceptors (Lipinski definition) is 4. The van der Waals surface area contributed by atoms with Crippen molar-refractivity contribution in [3.8, 4) is 0 Å². The van der Waals surface area contributed by atoms with Gasteiger partial charge in [-0.1, -0.05) is 36.4 Å². The van der Waals surface area contributed by atoms with Gasteiger partial charge in [0.2, 0.25) is 11.8 Å². The number of carbonyl (C=O) groups is 3.